The number of fused-ring (bicyclic) bond motifs is 1. The van der Waals surface area contributed by atoms with Gasteiger partial charge in [0, 0.05) is 11.9 Å². The van der Waals surface area contributed by atoms with E-state index in [0.29, 0.717) is 33.2 Å². The molecule has 5 nitrogen and oxygen atoms in total. The monoisotopic (exact) mass is 355 g/mol. The van der Waals surface area contributed by atoms with E-state index in [1.165, 1.54) is 0 Å². The van der Waals surface area contributed by atoms with Crippen LogP contribution >= 0.6 is 23.2 Å². The maximum absolute atomic E-state index is 12.0. The molecule has 0 aliphatic carbocycles. The lowest BCUT2D eigenvalue weighted by Gasteiger charge is -2.20. The van der Waals surface area contributed by atoms with Crippen molar-refractivity contribution in [2.24, 2.45) is 0 Å². The van der Waals surface area contributed by atoms with Gasteiger partial charge in [-0.2, -0.15) is 0 Å². The molecule has 1 aromatic carbocycles. The molecule has 0 aliphatic rings. The van der Waals surface area contributed by atoms with Gasteiger partial charge in [0.1, 0.15) is 5.60 Å². The van der Waals surface area contributed by atoms with Crippen molar-refractivity contribution in [2.75, 3.05) is 12.4 Å². The molecule has 0 radical (unpaired) electrons. The number of nitrogens with zero attached hydrogens (tertiary/aromatic N) is 1. The molecule has 0 saturated carbocycles. The summed E-state index contributed by atoms with van der Waals surface area (Å²) in [7, 11) is 1.83. The Bertz CT molecular complexity index is 742. The Labute approximate surface area is 145 Å². The second-order valence-electron chi connectivity index (χ2n) is 6.08. The van der Waals surface area contributed by atoms with Crippen molar-refractivity contribution < 1.29 is 9.53 Å². The molecule has 0 saturated heterocycles. The fourth-order valence-corrected chi connectivity index (χ4v) is 2.48. The van der Waals surface area contributed by atoms with Crippen LogP contribution in [0.15, 0.2) is 18.2 Å². The maximum Gasteiger partial charge on any atom is 0.412 e. The summed E-state index contributed by atoms with van der Waals surface area (Å²) in [5, 5.41) is 7.14. The Kier molecular flexibility index (Phi) is 5.34. The number of hydrogen-bond donors (Lipinski definition) is 2. The quantitative estimate of drug-likeness (QED) is 0.843. The van der Waals surface area contributed by atoms with Crippen molar-refractivity contribution in [1.29, 1.82) is 0 Å². The predicted octanol–water partition coefficient (Wildman–Crippen LogP) is 4.61. The molecule has 0 spiro atoms. The maximum atomic E-state index is 12.0. The minimum absolute atomic E-state index is 0.341. The molecule has 2 rings (SSSR count). The highest BCUT2D eigenvalue weighted by Gasteiger charge is 2.19. The van der Waals surface area contributed by atoms with Gasteiger partial charge in [0.25, 0.3) is 0 Å². The topological polar surface area (TPSA) is 63.2 Å². The number of halogens is 2. The molecule has 1 aromatic heterocycles. The molecular formula is C16H19Cl2N3O2. The van der Waals surface area contributed by atoms with E-state index in [1.807, 2.05) is 19.2 Å². The molecular weight excluding hydrogens is 337 g/mol. The zero-order chi connectivity index (χ0) is 17.2. The minimum atomic E-state index is -0.596. The van der Waals surface area contributed by atoms with Crippen LogP contribution in [0.1, 0.15) is 26.5 Å². The summed E-state index contributed by atoms with van der Waals surface area (Å²) in [5.74, 6) is 0. The van der Waals surface area contributed by atoms with E-state index >= 15 is 0 Å². The van der Waals surface area contributed by atoms with Crippen LogP contribution in [0.3, 0.4) is 0 Å². The molecule has 23 heavy (non-hydrogen) atoms. The molecule has 1 amide bonds. The van der Waals surface area contributed by atoms with E-state index in [4.69, 9.17) is 27.9 Å². The fraction of sp³-hybridized carbons (Fsp3) is 0.375. The molecule has 1 heterocycles. The summed E-state index contributed by atoms with van der Waals surface area (Å²) < 4.78 is 5.27. The number of rotatable bonds is 3. The Morgan fingerprint density at radius 1 is 1.30 bits per heavy atom. The van der Waals surface area contributed by atoms with Gasteiger partial charge in [0.15, 0.2) is 0 Å². The number of ether oxygens (including phenoxy) is 1. The third kappa shape index (κ3) is 4.47. The second kappa shape index (κ2) is 6.91. The zero-order valence-corrected chi connectivity index (χ0v) is 15.0. The van der Waals surface area contributed by atoms with E-state index in [1.54, 1.807) is 26.8 Å². The first kappa shape index (κ1) is 17.8. The van der Waals surface area contributed by atoms with Gasteiger partial charge in [-0.05, 0) is 46.0 Å². The smallest absolute Gasteiger partial charge is 0.412 e. The molecule has 0 fully saturated rings. The fourth-order valence-electron chi connectivity index (χ4n) is 2.06. The van der Waals surface area contributed by atoms with Gasteiger partial charge in [0.2, 0.25) is 0 Å². The number of carbonyl (C=O) groups is 1. The van der Waals surface area contributed by atoms with Crippen LogP contribution in [-0.2, 0) is 11.3 Å². The summed E-state index contributed by atoms with van der Waals surface area (Å²) in [5.41, 5.74) is 1.26. The normalized spacial score (nSPS) is 11.6. The first-order chi connectivity index (χ1) is 10.7. The van der Waals surface area contributed by atoms with Gasteiger partial charge < -0.3 is 10.1 Å². The van der Waals surface area contributed by atoms with E-state index in [9.17, 15) is 4.79 Å². The number of pyridine rings is 1. The predicted molar refractivity (Wildman–Crippen MR) is 94.4 cm³/mol. The Balaban J connectivity index is 2.46. The average molecular weight is 356 g/mol. The number of hydrogen-bond acceptors (Lipinski definition) is 4. The molecule has 0 bridgehead atoms. The van der Waals surface area contributed by atoms with Crippen molar-refractivity contribution in [2.45, 2.75) is 32.9 Å². The van der Waals surface area contributed by atoms with Crippen LogP contribution in [0.5, 0.6) is 0 Å². The third-order valence-electron chi connectivity index (χ3n) is 2.92. The van der Waals surface area contributed by atoms with Crippen molar-refractivity contribution in [3.8, 4) is 0 Å². The molecule has 0 unspecified atom stereocenters. The second-order valence-corrected chi connectivity index (χ2v) is 6.86. The van der Waals surface area contributed by atoms with Gasteiger partial charge in [0.05, 0.1) is 26.9 Å². The van der Waals surface area contributed by atoms with Gasteiger partial charge in [-0.25, -0.2) is 9.78 Å². The number of benzene rings is 1. The van der Waals surface area contributed by atoms with Gasteiger partial charge >= 0.3 is 6.09 Å². The Hall–Kier alpha value is -1.56. The van der Waals surface area contributed by atoms with Crippen LogP contribution in [0.4, 0.5) is 10.5 Å². The largest absolute Gasteiger partial charge is 0.444 e. The number of carbonyl (C=O) groups excluding carboxylic acids is 1. The average Bonchev–Trinajstić information content (AvgIpc) is 2.43. The number of aromatic nitrogens is 1. The highest BCUT2D eigenvalue weighted by molar-refractivity contribution is 6.45. The third-order valence-corrected chi connectivity index (χ3v) is 3.72. The first-order valence-electron chi connectivity index (χ1n) is 7.13. The van der Waals surface area contributed by atoms with Gasteiger partial charge in [-0.1, -0.05) is 23.2 Å². The molecule has 2 N–H and O–H groups in total. The Morgan fingerprint density at radius 2 is 2.00 bits per heavy atom. The minimum Gasteiger partial charge on any atom is -0.444 e. The highest BCUT2D eigenvalue weighted by Crippen LogP contribution is 2.35. The standard InChI is InChI=1S/C16H19Cl2N3O2/c1-16(2,3)23-15(22)21-12-7-11(17)13(18)10-6-5-9(8-19-4)20-14(10)12/h5-7,19H,8H2,1-4H3,(H,21,22). The summed E-state index contributed by atoms with van der Waals surface area (Å²) in [6.45, 7) is 5.98. The Morgan fingerprint density at radius 3 is 2.61 bits per heavy atom. The molecule has 7 heteroatoms. The summed E-state index contributed by atoms with van der Waals surface area (Å²) in [4.78, 5) is 16.6. The summed E-state index contributed by atoms with van der Waals surface area (Å²) in [6, 6.07) is 5.27. The van der Waals surface area contributed by atoms with E-state index in [-0.39, 0.29) is 0 Å². The lowest BCUT2D eigenvalue weighted by atomic mass is 10.1. The van der Waals surface area contributed by atoms with Crippen LogP contribution in [-0.4, -0.2) is 23.7 Å². The van der Waals surface area contributed by atoms with Crippen molar-refractivity contribution in [1.82, 2.24) is 10.3 Å². The lowest BCUT2D eigenvalue weighted by molar-refractivity contribution is 0.0636. The summed E-state index contributed by atoms with van der Waals surface area (Å²) in [6.07, 6.45) is -0.571. The molecule has 0 aliphatic heterocycles. The SMILES string of the molecule is CNCc1ccc2c(Cl)c(Cl)cc(NC(=O)OC(C)(C)C)c2n1. The summed E-state index contributed by atoms with van der Waals surface area (Å²) >= 11 is 12.4. The van der Waals surface area contributed by atoms with Crippen LogP contribution in [0.2, 0.25) is 10.0 Å². The van der Waals surface area contributed by atoms with Crippen molar-refractivity contribution in [3.63, 3.8) is 0 Å². The number of nitrogens with one attached hydrogen (secondary N) is 2. The highest BCUT2D eigenvalue weighted by atomic mass is 35.5. The number of amides is 1. The molecule has 124 valence electrons. The zero-order valence-electron chi connectivity index (χ0n) is 13.5. The van der Waals surface area contributed by atoms with Crippen molar-refractivity contribution in [3.05, 3.63) is 33.9 Å². The van der Waals surface area contributed by atoms with Crippen LogP contribution in [0, 0.1) is 0 Å². The number of anilines is 1. The van der Waals surface area contributed by atoms with Crippen LogP contribution < -0.4 is 10.6 Å². The molecule has 2 aromatic rings. The van der Waals surface area contributed by atoms with E-state index in [2.05, 4.69) is 15.6 Å². The first-order valence-corrected chi connectivity index (χ1v) is 7.89. The van der Waals surface area contributed by atoms with Crippen LogP contribution in [0.25, 0.3) is 10.9 Å². The van der Waals surface area contributed by atoms with E-state index in [0.717, 1.165) is 5.69 Å². The molecule has 0 atom stereocenters. The lowest BCUT2D eigenvalue weighted by Crippen LogP contribution is -2.27. The van der Waals surface area contributed by atoms with Gasteiger partial charge in [-0.3, -0.25) is 5.32 Å². The van der Waals surface area contributed by atoms with E-state index < -0.39 is 11.7 Å². The van der Waals surface area contributed by atoms with Gasteiger partial charge in [-0.15, -0.1) is 0 Å². The van der Waals surface area contributed by atoms with Crippen molar-refractivity contribution >= 4 is 45.9 Å².